The second kappa shape index (κ2) is 8.73. The van der Waals surface area contributed by atoms with Crippen molar-refractivity contribution in [3.8, 4) is 0 Å². The fraction of sp³-hybridized carbons (Fsp3) is 0.607. The molecule has 0 heterocycles. The van der Waals surface area contributed by atoms with Gasteiger partial charge in [0.15, 0.2) is 0 Å². The topological polar surface area (TPSA) is 37.3 Å². The van der Waals surface area contributed by atoms with E-state index in [1.165, 1.54) is 66.9 Å². The summed E-state index contributed by atoms with van der Waals surface area (Å²) in [5, 5.41) is 9.40. The Morgan fingerprint density at radius 2 is 1.60 bits per heavy atom. The molecule has 164 valence electrons. The highest BCUT2D eigenvalue weighted by Gasteiger charge is 2.35. The largest absolute Gasteiger partial charge is 0.478 e. The number of rotatable bonds is 4. The Hall–Kier alpha value is -1.83. The minimum Gasteiger partial charge on any atom is -0.478 e. The highest BCUT2D eigenvalue weighted by Crippen LogP contribution is 2.49. The summed E-state index contributed by atoms with van der Waals surface area (Å²) in [5.41, 5.74) is 8.73. The van der Waals surface area contributed by atoms with Gasteiger partial charge in [-0.2, -0.15) is 0 Å². The van der Waals surface area contributed by atoms with Crippen LogP contribution in [-0.4, -0.2) is 11.1 Å². The molecule has 0 radical (unpaired) electrons. The lowest BCUT2D eigenvalue weighted by atomic mass is 9.64. The molecular formula is C28H40O2. The SMILES string of the molecule is CC1=C(C=CC2=CC(=CC(=O)O)CC(C3=C(C)CCCC3(C)C)C2)C(C)(C)CCC1. The molecule has 0 saturated heterocycles. The van der Waals surface area contributed by atoms with Gasteiger partial charge in [-0.05, 0) is 98.7 Å². The minimum atomic E-state index is -0.842. The summed E-state index contributed by atoms with van der Waals surface area (Å²) in [7, 11) is 0. The zero-order valence-corrected chi connectivity index (χ0v) is 19.9. The molecule has 30 heavy (non-hydrogen) atoms. The van der Waals surface area contributed by atoms with Crippen LogP contribution >= 0.6 is 0 Å². The standard InChI is InChI=1S/C28H40O2/c1-19-9-7-13-27(3,4)24(19)12-11-21-15-22(18-25(29)30)17-23(16-21)26-20(2)10-8-14-28(26,5)6/h11-12,15,18,23H,7-10,13-14,16-17H2,1-6H3,(H,29,30). The monoisotopic (exact) mass is 408 g/mol. The van der Waals surface area contributed by atoms with Gasteiger partial charge in [-0.1, -0.05) is 62.6 Å². The quantitative estimate of drug-likeness (QED) is 0.378. The van der Waals surface area contributed by atoms with E-state index < -0.39 is 5.97 Å². The molecule has 2 nitrogen and oxygen atoms in total. The summed E-state index contributed by atoms with van der Waals surface area (Å²) in [6.45, 7) is 14.0. The van der Waals surface area contributed by atoms with Crippen LogP contribution < -0.4 is 0 Å². The average Bonchev–Trinajstić information content (AvgIpc) is 2.59. The normalized spacial score (nSPS) is 28.3. The van der Waals surface area contributed by atoms with Gasteiger partial charge in [0.2, 0.25) is 0 Å². The van der Waals surface area contributed by atoms with Crippen LogP contribution in [0.3, 0.4) is 0 Å². The molecule has 0 aliphatic heterocycles. The second-order valence-electron chi connectivity index (χ2n) is 11.1. The maximum absolute atomic E-state index is 11.4. The summed E-state index contributed by atoms with van der Waals surface area (Å²) in [6, 6.07) is 0. The molecule has 0 aromatic carbocycles. The van der Waals surface area contributed by atoms with Crippen molar-refractivity contribution in [3.63, 3.8) is 0 Å². The van der Waals surface area contributed by atoms with E-state index in [2.05, 4.69) is 59.8 Å². The minimum absolute atomic E-state index is 0.206. The van der Waals surface area contributed by atoms with E-state index in [9.17, 15) is 9.90 Å². The van der Waals surface area contributed by atoms with Gasteiger partial charge in [0.1, 0.15) is 0 Å². The molecule has 0 fully saturated rings. The molecule has 0 amide bonds. The maximum atomic E-state index is 11.4. The van der Waals surface area contributed by atoms with Crippen LogP contribution in [0.15, 0.2) is 57.7 Å². The van der Waals surface area contributed by atoms with Gasteiger partial charge in [-0.3, -0.25) is 0 Å². The Morgan fingerprint density at radius 3 is 2.20 bits per heavy atom. The predicted molar refractivity (Wildman–Crippen MR) is 126 cm³/mol. The van der Waals surface area contributed by atoms with Gasteiger partial charge < -0.3 is 5.11 Å². The van der Waals surface area contributed by atoms with Crippen molar-refractivity contribution < 1.29 is 9.90 Å². The lowest BCUT2D eigenvalue weighted by Gasteiger charge is -2.41. The van der Waals surface area contributed by atoms with Crippen molar-refractivity contribution in [1.82, 2.24) is 0 Å². The molecule has 1 unspecified atom stereocenters. The zero-order valence-electron chi connectivity index (χ0n) is 19.9. The third-order valence-electron chi connectivity index (χ3n) is 7.60. The molecule has 3 aliphatic rings. The van der Waals surface area contributed by atoms with Crippen LogP contribution in [0.5, 0.6) is 0 Å². The fourth-order valence-electron chi connectivity index (χ4n) is 6.32. The van der Waals surface area contributed by atoms with E-state index in [1.807, 2.05) is 0 Å². The fourth-order valence-corrected chi connectivity index (χ4v) is 6.32. The van der Waals surface area contributed by atoms with Crippen LogP contribution in [0.4, 0.5) is 0 Å². The lowest BCUT2D eigenvalue weighted by molar-refractivity contribution is -0.131. The second-order valence-corrected chi connectivity index (χ2v) is 11.1. The number of allylic oxidation sites excluding steroid dienone is 9. The van der Waals surface area contributed by atoms with E-state index in [0.717, 1.165) is 18.4 Å². The number of hydrogen-bond donors (Lipinski definition) is 1. The van der Waals surface area contributed by atoms with Crippen molar-refractivity contribution in [2.24, 2.45) is 16.7 Å². The van der Waals surface area contributed by atoms with E-state index >= 15 is 0 Å². The Kier molecular flexibility index (Phi) is 6.65. The van der Waals surface area contributed by atoms with Crippen LogP contribution in [0.2, 0.25) is 0 Å². The molecule has 0 spiro atoms. The first kappa shape index (κ1) is 22.8. The average molecular weight is 409 g/mol. The third kappa shape index (κ3) is 5.07. The molecule has 0 aromatic heterocycles. The number of aliphatic carboxylic acids is 1. The van der Waals surface area contributed by atoms with Gasteiger partial charge in [0.05, 0.1) is 0 Å². The molecule has 3 rings (SSSR count). The third-order valence-corrected chi connectivity index (χ3v) is 7.60. The van der Waals surface area contributed by atoms with Gasteiger partial charge in [0.25, 0.3) is 0 Å². The van der Waals surface area contributed by atoms with Crippen LogP contribution in [0.1, 0.15) is 92.9 Å². The zero-order chi connectivity index (χ0) is 22.1. The molecule has 0 bridgehead atoms. The van der Waals surface area contributed by atoms with Crippen molar-refractivity contribution in [1.29, 1.82) is 0 Å². The molecule has 1 N–H and O–H groups in total. The molecule has 2 heteroatoms. The number of carbonyl (C=O) groups is 1. The van der Waals surface area contributed by atoms with Crippen molar-refractivity contribution >= 4 is 5.97 Å². The van der Waals surface area contributed by atoms with E-state index in [-0.39, 0.29) is 10.8 Å². The Balaban J connectivity index is 1.96. The molecule has 1 atom stereocenters. The number of carboxylic acids is 1. The summed E-state index contributed by atoms with van der Waals surface area (Å²) >= 11 is 0. The van der Waals surface area contributed by atoms with E-state index in [1.54, 1.807) is 5.57 Å². The van der Waals surface area contributed by atoms with Crippen molar-refractivity contribution in [2.45, 2.75) is 92.9 Å². The Labute approximate surface area is 183 Å². The number of hydrogen-bond acceptors (Lipinski definition) is 1. The van der Waals surface area contributed by atoms with Crippen molar-refractivity contribution in [3.05, 3.63) is 57.7 Å². The molecule has 0 aromatic rings. The molecule has 3 aliphatic carbocycles. The van der Waals surface area contributed by atoms with E-state index in [4.69, 9.17) is 0 Å². The van der Waals surface area contributed by atoms with Gasteiger partial charge in [0, 0.05) is 6.08 Å². The number of carboxylic acid groups (broad SMARTS) is 1. The Morgan fingerprint density at radius 1 is 0.967 bits per heavy atom. The lowest BCUT2D eigenvalue weighted by Crippen LogP contribution is -2.27. The molecular weight excluding hydrogens is 368 g/mol. The first-order valence-electron chi connectivity index (χ1n) is 11.7. The van der Waals surface area contributed by atoms with Gasteiger partial charge in [-0.15, -0.1) is 0 Å². The van der Waals surface area contributed by atoms with Crippen molar-refractivity contribution in [2.75, 3.05) is 0 Å². The molecule has 0 saturated carbocycles. The van der Waals surface area contributed by atoms with Gasteiger partial charge >= 0.3 is 5.97 Å². The predicted octanol–water partition coefficient (Wildman–Crippen LogP) is 7.94. The summed E-state index contributed by atoms with van der Waals surface area (Å²) < 4.78 is 0. The summed E-state index contributed by atoms with van der Waals surface area (Å²) in [4.78, 5) is 11.4. The highest BCUT2D eigenvalue weighted by molar-refractivity contribution is 5.81. The first-order chi connectivity index (χ1) is 14.0. The first-order valence-corrected chi connectivity index (χ1v) is 11.7. The highest BCUT2D eigenvalue weighted by atomic mass is 16.4. The Bertz CT molecular complexity index is 855. The van der Waals surface area contributed by atoms with Gasteiger partial charge in [-0.25, -0.2) is 4.79 Å². The summed E-state index contributed by atoms with van der Waals surface area (Å²) in [5.74, 6) is -0.434. The summed E-state index contributed by atoms with van der Waals surface area (Å²) in [6.07, 6.45) is 17.4. The van der Waals surface area contributed by atoms with Crippen LogP contribution in [0, 0.1) is 16.7 Å². The maximum Gasteiger partial charge on any atom is 0.328 e. The van der Waals surface area contributed by atoms with E-state index in [0.29, 0.717) is 5.92 Å². The van der Waals surface area contributed by atoms with Crippen LogP contribution in [0.25, 0.3) is 0 Å². The smallest absolute Gasteiger partial charge is 0.328 e. The van der Waals surface area contributed by atoms with Crippen LogP contribution in [-0.2, 0) is 4.79 Å².